The highest BCUT2D eigenvalue weighted by atomic mass is 35.5. The van der Waals surface area contributed by atoms with Gasteiger partial charge in [-0.1, -0.05) is 47.5 Å². The molecule has 0 aliphatic rings. The van der Waals surface area contributed by atoms with Crippen molar-refractivity contribution in [3.05, 3.63) is 70.0 Å². The van der Waals surface area contributed by atoms with E-state index in [0.717, 1.165) is 5.56 Å². The number of hydrogen-bond acceptors (Lipinski definition) is 1. The molecule has 0 bridgehead atoms. The summed E-state index contributed by atoms with van der Waals surface area (Å²) in [6, 6.07) is 12.5. The van der Waals surface area contributed by atoms with Crippen LogP contribution in [0.3, 0.4) is 0 Å². The molecule has 1 N–H and O–H groups in total. The molecule has 1 atom stereocenters. The maximum atomic E-state index is 13.6. The van der Waals surface area contributed by atoms with Crippen LogP contribution in [0.2, 0.25) is 5.02 Å². The Labute approximate surface area is 117 Å². The van der Waals surface area contributed by atoms with E-state index in [1.54, 1.807) is 12.1 Å². The first kappa shape index (κ1) is 14.0. The van der Waals surface area contributed by atoms with Gasteiger partial charge in [-0.3, -0.25) is 0 Å². The van der Waals surface area contributed by atoms with Gasteiger partial charge >= 0.3 is 0 Å². The smallest absolute Gasteiger partial charge is 0.130 e. The molecule has 0 aromatic heterocycles. The Bertz CT molecular complexity index is 568. The quantitative estimate of drug-likeness (QED) is 0.876. The van der Waals surface area contributed by atoms with E-state index in [4.69, 9.17) is 11.6 Å². The average molecular weight is 279 g/mol. The molecule has 0 fully saturated rings. The fraction of sp³-hybridized carbons (Fsp3) is 0.250. The summed E-state index contributed by atoms with van der Waals surface area (Å²) < 4.78 is 13.6. The SMILES string of the molecule is Cc1cccc(CCC(O)c2ccc(Cl)cc2F)c1. The van der Waals surface area contributed by atoms with Gasteiger partial charge in [-0.25, -0.2) is 4.39 Å². The van der Waals surface area contributed by atoms with Gasteiger partial charge < -0.3 is 5.11 Å². The van der Waals surface area contributed by atoms with Crippen molar-refractivity contribution in [3.8, 4) is 0 Å². The minimum Gasteiger partial charge on any atom is -0.388 e. The van der Waals surface area contributed by atoms with Crippen LogP contribution in [0.25, 0.3) is 0 Å². The van der Waals surface area contributed by atoms with E-state index in [9.17, 15) is 9.50 Å². The molecule has 1 unspecified atom stereocenters. The molecule has 0 saturated heterocycles. The minimum atomic E-state index is -0.808. The van der Waals surface area contributed by atoms with Gasteiger partial charge in [0.05, 0.1) is 6.10 Å². The molecular weight excluding hydrogens is 263 g/mol. The number of aliphatic hydroxyl groups excluding tert-OH is 1. The number of hydrogen-bond donors (Lipinski definition) is 1. The first-order chi connectivity index (χ1) is 9.06. The molecule has 2 aromatic carbocycles. The minimum absolute atomic E-state index is 0.303. The van der Waals surface area contributed by atoms with E-state index >= 15 is 0 Å². The van der Waals surface area contributed by atoms with E-state index < -0.39 is 11.9 Å². The number of rotatable bonds is 4. The lowest BCUT2D eigenvalue weighted by Crippen LogP contribution is -2.02. The van der Waals surface area contributed by atoms with Crippen LogP contribution >= 0.6 is 11.6 Å². The molecular formula is C16H16ClFO. The molecule has 1 nitrogen and oxygen atoms in total. The molecule has 19 heavy (non-hydrogen) atoms. The van der Waals surface area contributed by atoms with Crippen LogP contribution in [0.4, 0.5) is 4.39 Å². The Kier molecular flexibility index (Phi) is 4.56. The number of aliphatic hydroxyl groups is 1. The Morgan fingerprint density at radius 1 is 1.21 bits per heavy atom. The number of benzene rings is 2. The second-order valence-electron chi connectivity index (χ2n) is 4.71. The van der Waals surface area contributed by atoms with Gasteiger partial charge in [0.1, 0.15) is 5.82 Å². The summed E-state index contributed by atoms with van der Waals surface area (Å²) in [5.74, 6) is -0.454. The van der Waals surface area contributed by atoms with Crippen molar-refractivity contribution >= 4 is 11.6 Å². The van der Waals surface area contributed by atoms with Gasteiger partial charge in [0.2, 0.25) is 0 Å². The summed E-state index contributed by atoms with van der Waals surface area (Å²) in [5, 5.41) is 10.4. The highest BCUT2D eigenvalue weighted by Crippen LogP contribution is 2.24. The highest BCUT2D eigenvalue weighted by Gasteiger charge is 2.13. The molecule has 2 aromatic rings. The molecule has 0 spiro atoms. The maximum absolute atomic E-state index is 13.6. The van der Waals surface area contributed by atoms with Crippen LogP contribution < -0.4 is 0 Å². The van der Waals surface area contributed by atoms with E-state index in [1.807, 2.05) is 25.1 Å². The lowest BCUT2D eigenvalue weighted by Gasteiger charge is -2.12. The molecule has 0 amide bonds. The van der Waals surface area contributed by atoms with Crippen LogP contribution in [-0.2, 0) is 6.42 Å². The molecule has 0 heterocycles. The van der Waals surface area contributed by atoms with Gasteiger partial charge in [0, 0.05) is 10.6 Å². The predicted octanol–water partition coefficient (Wildman–Crippen LogP) is 4.45. The summed E-state index contributed by atoms with van der Waals surface area (Å²) in [4.78, 5) is 0. The van der Waals surface area contributed by atoms with Crippen molar-refractivity contribution in [1.29, 1.82) is 0 Å². The Morgan fingerprint density at radius 3 is 2.68 bits per heavy atom. The second-order valence-corrected chi connectivity index (χ2v) is 5.15. The van der Waals surface area contributed by atoms with E-state index in [1.165, 1.54) is 11.6 Å². The van der Waals surface area contributed by atoms with Crippen molar-refractivity contribution in [2.24, 2.45) is 0 Å². The van der Waals surface area contributed by atoms with Gasteiger partial charge in [0.15, 0.2) is 0 Å². The third kappa shape index (κ3) is 3.79. The fourth-order valence-electron chi connectivity index (χ4n) is 2.10. The summed E-state index contributed by atoms with van der Waals surface area (Å²) in [6.45, 7) is 2.03. The van der Waals surface area contributed by atoms with Crippen molar-refractivity contribution in [2.45, 2.75) is 25.9 Å². The largest absolute Gasteiger partial charge is 0.388 e. The normalized spacial score (nSPS) is 12.4. The van der Waals surface area contributed by atoms with Crippen LogP contribution in [0, 0.1) is 12.7 Å². The molecule has 0 aliphatic carbocycles. The van der Waals surface area contributed by atoms with Crippen LogP contribution in [0.5, 0.6) is 0 Å². The topological polar surface area (TPSA) is 20.2 Å². The second kappa shape index (κ2) is 6.18. The third-order valence-corrected chi connectivity index (χ3v) is 3.35. The standard InChI is InChI=1S/C16H16ClFO/c1-11-3-2-4-12(9-11)5-8-16(19)14-7-6-13(17)10-15(14)18/h2-4,6-7,9-10,16,19H,5,8H2,1H3. The lowest BCUT2D eigenvalue weighted by atomic mass is 10.00. The first-order valence-corrected chi connectivity index (χ1v) is 6.62. The molecule has 0 aliphatic heterocycles. The molecule has 0 radical (unpaired) electrons. The average Bonchev–Trinajstić information content (AvgIpc) is 2.36. The fourth-order valence-corrected chi connectivity index (χ4v) is 2.26. The van der Waals surface area contributed by atoms with Crippen molar-refractivity contribution in [1.82, 2.24) is 0 Å². The van der Waals surface area contributed by atoms with E-state index in [-0.39, 0.29) is 0 Å². The Hall–Kier alpha value is -1.38. The lowest BCUT2D eigenvalue weighted by molar-refractivity contribution is 0.163. The summed E-state index contributed by atoms with van der Waals surface area (Å²) >= 11 is 5.69. The molecule has 100 valence electrons. The summed E-state index contributed by atoms with van der Waals surface area (Å²) in [5.41, 5.74) is 2.63. The number of aryl methyl sites for hydroxylation is 2. The zero-order valence-electron chi connectivity index (χ0n) is 10.7. The third-order valence-electron chi connectivity index (χ3n) is 3.11. The highest BCUT2D eigenvalue weighted by molar-refractivity contribution is 6.30. The molecule has 3 heteroatoms. The van der Waals surface area contributed by atoms with Crippen LogP contribution in [0.1, 0.15) is 29.2 Å². The Balaban J connectivity index is 2.03. The van der Waals surface area contributed by atoms with Gasteiger partial charge in [0.25, 0.3) is 0 Å². The summed E-state index contributed by atoms with van der Waals surface area (Å²) in [6.07, 6.45) is 0.394. The zero-order valence-corrected chi connectivity index (χ0v) is 11.5. The van der Waals surface area contributed by atoms with Crippen molar-refractivity contribution < 1.29 is 9.50 Å². The first-order valence-electron chi connectivity index (χ1n) is 6.25. The zero-order chi connectivity index (χ0) is 13.8. The monoisotopic (exact) mass is 278 g/mol. The van der Waals surface area contributed by atoms with E-state index in [0.29, 0.717) is 23.4 Å². The Morgan fingerprint density at radius 2 is 2.00 bits per heavy atom. The maximum Gasteiger partial charge on any atom is 0.130 e. The number of halogens is 2. The van der Waals surface area contributed by atoms with E-state index in [2.05, 4.69) is 6.07 Å². The predicted molar refractivity (Wildman–Crippen MR) is 75.9 cm³/mol. The van der Waals surface area contributed by atoms with Gasteiger partial charge in [-0.05, 0) is 37.5 Å². The van der Waals surface area contributed by atoms with Crippen LogP contribution in [-0.4, -0.2) is 5.11 Å². The molecule has 0 saturated carbocycles. The van der Waals surface area contributed by atoms with Gasteiger partial charge in [-0.15, -0.1) is 0 Å². The molecule has 2 rings (SSSR count). The van der Waals surface area contributed by atoms with Gasteiger partial charge in [-0.2, -0.15) is 0 Å². The summed E-state index contributed by atoms with van der Waals surface area (Å²) in [7, 11) is 0. The van der Waals surface area contributed by atoms with Crippen molar-refractivity contribution in [2.75, 3.05) is 0 Å². The van der Waals surface area contributed by atoms with Crippen LogP contribution in [0.15, 0.2) is 42.5 Å². The van der Waals surface area contributed by atoms with Crippen molar-refractivity contribution in [3.63, 3.8) is 0 Å².